The van der Waals surface area contributed by atoms with Crippen LogP contribution >= 0.6 is 0 Å². The lowest BCUT2D eigenvalue weighted by molar-refractivity contribution is 0.135. The summed E-state index contributed by atoms with van der Waals surface area (Å²) in [4.78, 5) is 2.47. The van der Waals surface area contributed by atoms with Crippen LogP contribution in [0.25, 0.3) is 0 Å². The van der Waals surface area contributed by atoms with Gasteiger partial charge in [0.1, 0.15) is 0 Å². The van der Waals surface area contributed by atoms with Gasteiger partial charge in [-0.05, 0) is 84.6 Å². The van der Waals surface area contributed by atoms with Crippen molar-refractivity contribution in [3.63, 3.8) is 0 Å². The van der Waals surface area contributed by atoms with Crippen molar-refractivity contribution in [1.82, 2.24) is 15.5 Å². The van der Waals surface area contributed by atoms with E-state index in [0.29, 0.717) is 0 Å². The summed E-state index contributed by atoms with van der Waals surface area (Å²) in [7, 11) is 6.54. The molecular weight excluding hydrogens is 222 g/mol. The van der Waals surface area contributed by atoms with Crippen LogP contribution < -0.4 is 10.6 Å². The minimum absolute atomic E-state index is 0.761. The van der Waals surface area contributed by atoms with Gasteiger partial charge in [-0.15, -0.1) is 0 Å². The molecule has 2 aliphatic rings. The fourth-order valence-electron chi connectivity index (χ4n) is 4.01. The second kappa shape index (κ2) is 6.88. The van der Waals surface area contributed by atoms with Gasteiger partial charge in [0.25, 0.3) is 0 Å². The highest BCUT2D eigenvalue weighted by Gasteiger charge is 2.32. The molecular formula is C15H31N3. The zero-order valence-electron chi connectivity index (χ0n) is 12.4. The van der Waals surface area contributed by atoms with Gasteiger partial charge in [0.05, 0.1) is 0 Å². The first kappa shape index (κ1) is 14.3. The Bertz CT molecular complexity index is 228. The van der Waals surface area contributed by atoms with Gasteiger partial charge in [-0.2, -0.15) is 0 Å². The third kappa shape index (κ3) is 3.46. The van der Waals surface area contributed by atoms with E-state index in [9.17, 15) is 0 Å². The van der Waals surface area contributed by atoms with Gasteiger partial charge >= 0.3 is 0 Å². The van der Waals surface area contributed by atoms with Crippen LogP contribution in [-0.4, -0.2) is 51.2 Å². The SMILES string of the molecule is CNC1CCC(C(NC)C2CCN(C)CC2)CC1. The van der Waals surface area contributed by atoms with Crippen LogP contribution in [0.5, 0.6) is 0 Å². The van der Waals surface area contributed by atoms with E-state index in [2.05, 4.69) is 36.7 Å². The van der Waals surface area contributed by atoms with Gasteiger partial charge in [0.15, 0.2) is 0 Å². The number of nitrogens with zero attached hydrogens (tertiary/aromatic N) is 1. The molecule has 0 spiro atoms. The quantitative estimate of drug-likeness (QED) is 0.798. The number of hydrogen-bond donors (Lipinski definition) is 2. The first-order valence-electron chi connectivity index (χ1n) is 7.77. The van der Waals surface area contributed by atoms with E-state index < -0.39 is 0 Å². The van der Waals surface area contributed by atoms with Crippen molar-refractivity contribution in [2.45, 2.75) is 50.6 Å². The molecule has 106 valence electrons. The molecule has 0 aromatic heterocycles. The van der Waals surface area contributed by atoms with E-state index in [0.717, 1.165) is 23.9 Å². The number of likely N-dealkylation sites (tertiary alicyclic amines) is 1. The Morgan fingerprint density at radius 2 is 1.44 bits per heavy atom. The van der Waals surface area contributed by atoms with Gasteiger partial charge in [-0.1, -0.05) is 0 Å². The van der Waals surface area contributed by atoms with Crippen molar-refractivity contribution < 1.29 is 0 Å². The van der Waals surface area contributed by atoms with Gasteiger partial charge < -0.3 is 15.5 Å². The molecule has 2 rings (SSSR count). The normalized spacial score (nSPS) is 33.5. The zero-order chi connectivity index (χ0) is 13.0. The van der Waals surface area contributed by atoms with Crippen molar-refractivity contribution in [2.75, 3.05) is 34.2 Å². The Labute approximate surface area is 113 Å². The lowest BCUT2D eigenvalue weighted by Gasteiger charge is -2.41. The molecule has 1 aliphatic heterocycles. The number of hydrogen-bond acceptors (Lipinski definition) is 3. The predicted octanol–water partition coefficient (Wildman–Crippen LogP) is 1.69. The fraction of sp³-hybridized carbons (Fsp3) is 1.00. The lowest BCUT2D eigenvalue weighted by Crippen LogP contribution is -2.47. The second-order valence-corrected chi connectivity index (χ2v) is 6.36. The molecule has 18 heavy (non-hydrogen) atoms. The Balaban J connectivity index is 1.85. The molecule has 2 N–H and O–H groups in total. The van der Waals surface area contributed by atoms with E-state index in [-0.39, 0.29) is 0 Å². The van der Waals surface area contributed by atoms with Gasteiger partial charge in [0, 0.05) is 12.1 Å². The van der Waals surface area contributed by atoms with Gasteiger partial charge in [-0.3, -0.25) is 0 Å². The maximum absolute atomic E-state index is 3.65. The maximum atomic E-state index is 3.65. The highest BCUT2D eigenvalue weighted by atomic mass is 15.1. The number of nitrogens with one attached hydrogen (secondary N) is 2. The second-order valence-electron chi connectivity index (χ2n) is 6.36. The summed E-state index contributed by atoms with van der Waals surface area (Å²) in [6.07, 6.45) is 8.31. The molecule has 0 aromatic carbocycles. The summed E-state index contributed by atoms with van der Waals surface area (Å²) in [6, 6.07) is 1.53. The summed E-state index contributed by atoms with van der Waals surface area (Å²) in [5.41, 5.74) is 0. The minimum Gasteiger partial charge on any atom is -0.317 e. The lowest BCUT2D eigenvalue weighted by atomic mass is 9.74. The molecule has 0 radical (unpaired) electrons. The van der Waals surface area contributed by atoms with E-state index in [1.165, 1.54) is 51.6 Å². The molecule has 1 saturated heterocycles. The Kier molecular flexibility index (Phi) is 5.46. The Hall–Kier alpha value is -0.120. The summed E-state index contributed by atoms with van der Waals surface area (Å²) < 4.78 is 0. The third-order valence-corrected chi connectivity index (χ3v) is 5.29. The minimum atomic E-state index is 0.761. The van der Waals surface area contributed by atoms with Crippen LogP contribution in [0.4, 0.5) is 0 Å². The topological polar surface area (TPSA) is 27.3 Å². The Morgan fingerprint density at radius 3 is 1.94 bits per heavy atom. The highest BCUT2D eigenvalue weighted by molar-refractivity contribution is 4.89. The fourth-order valence-corrected chi connectivity index (χ4v) is 4.01. The summed E-state index contributed by atoms with van der Waals surface area (Å²) in [5.74, 6) is 1.82. The average Bonchev–Trinajstić information content (AvgIpc) is 2.42. The molecule has 3 nitrogen and oxygen atoms in total. The molecule has 1 saturated carbocycles. The molecule has 3 heteroatoms. The zero-order valence-corrected chi connectivity index (χ0v) is 12.4. The number of rotatable bonds is 4. The molecule has 1 unspecified atom stereocenters. The van der Waals surface area contributed by atoms with Crippen molar-refractivity contribution in [1.29, 1.82) is 0 Å². The maximum Gasteiger partial charge on any atom is 0.0122 e. The molecule has 1 atom stereocenters. The van der Waals surface area contributed by atoms with Crippen molar-refractivity contribution in [2.24, 2.45) is 11.8 Å². The smallest absolute Gasteiger partial charge is 0.0122 e. The average molecular weight is 253 g/mol. The van der Waals surface area contributed by atoms with E-state index in [4.69, 9.17) is 0 Å². The monoisotopic (exact) mass is 253 g/mol. The summed E-state index contributed by atoms with van der Waals surface area (Å²) in [5, 5.41) is 7.09. The predicted molar refractivity (Wildman–Crippen MR) is 77.9 cm³/mol. The van der Waals surface area contributed by atoms with Crippen LogP contribution in [0.15, 0.2) is 0 Å². The van der Waals surface area contributed by atoms with E-state index in [1.807, 2.05) is 0 Å². The first-order valence-corrected chi connectivity index (χ1v) is 7.77. The van der Waals surface area contributed by atoms with E-state index in [1.54, 1.807) is 0 Å². The van der Waals surface area contributed by atoms with Gasteiger partial charge in [0.2, 0.25) is 0 Å². The highest BCUT2D eigenvalue weighted by Crippen LogP contribution is 2.33. The van der Waals surface area contributed by atoms with Crippen LogP contribution in [0.3, 0.4) is 0 Å². The standard InChI is InChI=1S/C15H31N3/c1-16-14-6-4-12(5-7-14)15(17-2)13-8-10-18(3)11-9-13/h12-17H,4-11H2,1-3H3. The van der Waals surface area contributed by atoms with Crippen molar-refractivity contribution in [3.05, 3.63) is 0 Å². The van der Waals surface area contributed by atoms with E-state index >= 15 is 0 Å². The largest absolute Gasteiger partial charge is 0.317 e. The molecule has 1 aliphatic carbocycles. The first-order chi connectivity index (χ1) is 8.74. The molecule has 1 heterocycles. The van der Waals surface area contributed by atoms with Crippen LogP contribution in [0.1, 0.15) is 38.5 Å². The molecule has 2 fully saturated rings. The summed E-state index contributed by atoms with van der Waals surface area (Å²) in [6.45, 7) is 2.57. The van der Waals surface area contributed by atoms with Crippen LogP contribution in [-0.2, 0) is 0 Å². The molecule has 0 amide bonds. The van der Waals surface area contributed by atoms with Crippen LogP contribution in [0.2, 0.25) is 0 Å². The van der Waals surface area contributed by atoms with Gasteiger partial charge in [-0.25, -0.2) is 0 Å². The Morgan fingerprint density at radius 1 is 0.889 bits per heavy atom. The molecule has 0 bridgehead atoms. The van der Waals surface area contributed by atoms with Crippen LogP contribution in [0, 0.1) is 11.8 Å². The van der Waals surface area contributed by atoms with Crippen molar-refractivity contribution in [3.8, 4) is 0 Å². The molecule has 0 aromatic rings. The third-order valence-electron chi connectivity index (χ3n) is 5.29. The number of piperidine rings is 1. The summed E-state index contributed by atoms with van der Waals surface area (Å²) >= 11 is 0. The van der Waals surface area contributed by atoms with Crippen molar-refractivity contribution >= 4 is 0 Å².